The number of rotatable bonds is 7. The zero-order valence-electron chi connectivity index (χ0n) is 19.0. The van der Waals surface area contributed by atoms with Gasteiger partial charge in [-0.25, -0.2) is 0 Å². The zero-order valence-corrected chi connectivity index (χ0v) is 19.0. The van der Waals surface area contributed by atoms with E-state index in [1.54, 1.807) is 11.1 Å². The van der Waals surface area contributed by atoms with Crippen LogP contribution in [0.2, 0.25) is 0 Å². The van der Waals surface area contributed by atoms with Gasteiger partial charge in [0.25, 0.3) is 5.91 Å². The summed E-state index contributed by atoms with van der Waals surface area (Å²) in [6.45, 7) is 6.07. The maximum atomic E-state index is 13.4. The number of aromatic nitrogens is 1. The highest BCUT2D eigenvalue weighted by atomic mass is 16.5. The van der Waals surface area contributed by atoms with E-state index in [2.05, 4.69) is 45.1 Å². The van der Waals surface area contributed by atoms with Gasteiger partial charge in [0, 0.05) is 52.5 Å². The van der Waals surface area contributed by atoms with Crippen molar-refractivity contribution in [2.45, 2.75) is 44.1 Å². The molecule has 2 atom stereocenters. The molecule has 3 heterocycles. The molecule has 2 aromatic rings. The molecule has 1 aromatic carbocycles. The van der Waals surface area contributed by atoms with Crippen LogP contribution in [-0.4, -0.2) is 77.1 Å². The Morgan fingerprint density at radius 1 is 1.12 bits per heavy atom. The molecule has 0 N–H and O–H groups in total. The van der Waals surface area contributed by atoms with Gasteiger partial charge < -0.3 is 9.64 Å². The maximum Gasteiger partial charge on any atom is 0.253 e. The summed E-state index contributed by atoms with van der Waals surface area (Å²) in [4.78, 5) is 24.5. The van der Waals surface area contributed by atoms with Crippen molar-refractivity contribution in [3.8, 4) is 0 Å². The van der Waals surface area contributed by atoms with E-state index >= 15 is 0 Å². The summed E-state index contributed by atoms with van der Waals surface area (Å²) in [5.41, 5.74) is 1.98. The number of morpholine rings is 1. The van der Waals surface area contributed by atoms with Crippen LogP contribution in [-0.2, 0) is 22.6 Å². The molecule has 1 spiro atoms. The highest BCUT2D eigenvalue weighted by Crippen LogP contribution is 2.36. The van der Waals surface area contributed by atoms with Crippen LogP contribution >= 0.6 is 0 Å². The molecule has 0 unspecified atom stereocenters. The second kappa shape index (κ2) is 9.30. The smallest absolute Gasteiger partial charge is 0.253 e. The minimum Gasteiger partial charge on any atom is -0.358 e. The quantitative estimate of drug-likeness (QED) is 0.671. The van der Waals surface area contributed by atoms with E-state index in [1.807, 2.05) is 25.2 Å². The van der Waals surface area contributed by atoms with E-state index in [-0.39, 0.29) is 11.5 Å². The third-order valence-corrected chi connectivity index (χ3v) is 6.96. The van der Waals surface area contributed by atoms with Gasteiger partial charge in [-0.05, 0) is 42.9 Å². The lowest BCUT2D eigenvalue weighted by molar-refractivity contribution is -0.177. The molecule has 5 rings (SSSR count). The number of pyridine rings is 1. The molecule has 2 aliphatic heterocycles. The number of nitrogens with zero attached hydrogens (tertiary/aromatic N) is 4. The summed E-state index contributed by atoms with van der Waals surface area (Å²) in [7, 11) is 1.86. The average molecular weight is 435 g/mol. The number of amides is 1. The average Bonchev–Trinajstić information content (AvgIpc) is 3.54. The van der Waals surface area contributed by atoms with E-state index in [0.717, 1.165) is 50.8 Å². The molecule has 1 aromatic heterocycles. The highest BCUT2D eigenvalue weighted by molar-refractivity contribution is 5.81. The Bertz CT molecular complexity index is 905. The fraction of sp³-hybridized carbons (Fsp3) is 0.538. The van der Waals surface area contributed by atoms with Gasteiger partial charge in [-0.2, -0.15) is 0 Å². The number of carbonyl (C=O) groups is 1. The van der Waals surface area contributed by atoms with Gasteiger partial charge in [0.1, 0.15) is 6.10 Å². The Balaban J connectivity index is 1.27. The summed E-state index contributed by atoms with van der Waals surface area (Å²) in [5.74, 6) is 0.867. The molecule has 1 saturated carbocycles. The molecule has 2 saturated heterocycles. The first kappa shape index (κ1) is 21.6. The van der Waals surface area contributed by atoms with Gasteiger partial charge in [-0.1, -0.05) is 36.4 Å². The van der Waals surface area contributed by atoms with Crippen molar-refractivity contribution in [2.75, 3.05) is 39.8 Å². The molecule has 1 amide bonds. The Morgan fingerprint density at radius 3 is 2.66 bits per heavy atom. The third-order valence-electron chi connectivity index (χ3n) is 6.96. The van der Waals surface area contributed by atoms with Gasteiger partial charge in [-0.15, -0.1) is 0 Å². The van der Waals surface area contributed by atoms with Crippen molar-refractivity contribution in [1.82, 2.24) is 19.7 Å². The first-order valence-corrected chi connectivity index (χ1v) is 11.9. The van der Waals surface area contributed by atoms with E-state index in [9.17, 15) is 4.79 Å². The van der Waals surface area contributed by atoms with E-state index < -0.39 is 6.10 Å². The molecule has 32 heavy (non-hydrogen) atoms. The molecule has 3 fully saturated rings. The minimum atomic E-state index is -0.409. The molecule has 3 aliphatic rings. The van der Waals surface area contributed by atoms with Crippen LogP contribution < -0.4 is 0 Å². The lowest BCUT2D eigenvalue weighted by Crippen LogP contribution is -2.60. The minimum absolute atomic E-state index is 0.0667. The largest absolute Gasteiger partial charge is 0.358 e. The summed E-state index contributed by atoms with van der Waals surface area (Å²) in [6, 6.07) is 16.5. The van der Waals surface area contributed by atoms with Gasteiger partial charge >= 0.3 is 0 Å². The molecule has 0 bridgehead atoms. The molecule has 0 radical (unpaired) electrons. The Hall–Kier alpha value is -2.28. The topological polar surface area (TPSA) is 48.9 Å². The van der Waals surface area contributed by atoms with Crippen molar-refractivity contribution >= 4 is 5.91 Å². The number of likely N-dealkylation sites (tertiary alicyclic amines) is 1. The lowest BCUT2D eigenvalue weighted by atomic mass is 9.98. The highest BCUT2D eigenvalue weighted by Gasteiger charge is 2.48. The predicted molar refractivity (Wildman–Crippen MR) is 124 cm³/mol. The Labute approximate surface area is 191 Å². The maximum absolute atomic E-state index is 13.4. The summed E-state index contributed by atoms with van der Waals surface area (Å²) >= 11 is 0. The second-order valence-electron chi connectivity index (χ2n) is 9.89. The van der Waals surface area contributed by atoms with E-state index in [4.69, 9.17) is 4.74 Å². The lowest BCUT2D eigenvalue weighted by Gasteiger charge is -2.45. The molecule has 6 heteroatoms. The van der Waals surface area contributed by atoms with Crippen molar-refractivity contribution in [3.05, 3.63) is 66.0 Å². The fourth-order valence-corrected chi connectivity index (χ4v) is 5.20. The molecule has 1 aliphatic carbocycles. The van der Waals surface area contributed by atoms with E-state index in [1.165, 1.54) is 18.4 Å². The van der Waals surface area contributed by atoms with Crippen LogP contribution in [0.25, 0.3) is 0 Å². The van der Waals surface area contributed by atoms with Gasteiger partial charge in [-0.3, -0.25) is 19.6 Å². The van der Waals surface area contributed by atoms with Crippen LogP contribution in [0.1, 0.15) is 30.5 Å². The van der Waals surface area contributed by atoms with Crippen molar-refractivity contribution in [3.63, 3.8) is 0 Å². The van der Waals surface area contributed by atoms with Gasteiger partial charge in [0.05, 0.1) is 17.8 Å². The van der Waals surface area contributed by atoms with Gasteiger partial charge in [0.15, 0.2) is 0 Å². The number of hydrogen-bond donors (Lipinski definition) is 0. The SMILES string of the molecule is CN(Cc1ccccn1)C(=O)[C@@H]1CN(CC2CC2)C[C@@]2(CCN(Cc3ccccc3)C2)O1. The van der Waals surface area contributed by atoms with Crippen LogP contribution in [0, 0.1) is 5.92 Å². The fourth-order valence-electron chi connectivity index (χ4n) is 5.20. The van der Waals surface area contributed by atoms with Crippen LogP contribution in [0.3, 0.4) is 0 Å². The van der Waals surface area contributed by atoms with Crippen LogP contribution in [0.4, 0.5) is 0 Å². The van der Waals surface area contributed by atoms with E-state index in [0.29, 0.717) is 13.1 Å². The predicted octanol–water partition coefficient (Wildman–Crippen LogP) is 2.80. The van der Waals surface area contributed by atoms with Crippen LogP contribution in [0.15, 0.2) is 54.7 Å². The first-order chi connectivity index (χ1) is 15.6. The summed E-state index contributed by atoms with van der Waals surface area (Å²) < 4.78 is 6.66. The Morgan fingerprint density at radius 2 is 1.91 bits per heavy atom. The third kappa shape index (κ3) is 5.20. The second-order valence-corrected chi connectivity index (χ2v) is 9.89. The van der Waals surface area contributed by atoms with Crippen LogP contribution in [0.5, 0.6) is 0 Å². The molecular weight excluding hydrogens is 400 g/mol. The standard InChI is InChI=1S/C26H34N4O2/c1-28(17-23-9-5-6-13-27-23)25(31)24-18-30(16-22-10-11-22)20-26(32-24)12-14-29(19-26)15-21-7-3-2-4-8-21/h2-9,13,22,24H,10-12,14-20H2,1H3/t24-,26-/m0/s1. The molecule has 170 valence electrons. The normalized spacial score (nSPS) is 26.5. The van der Waals surface area contributed by atoms with Gasteiger partial charge in [0.2, 0.25) is 0 Å². The number of carbonyl (C=O) groups excluding carboxylic acids is 1. The number of benzene rings is 1. The van der Waals surface area contributed by atoms with Crippen molar-refractivity contribution < 1.29 is 9.53 Å². The first-order valence-electron chi connectivity index (χ1n) is 11.9. The molecule has 6 nitrogen and oxygen atoms in total. The molecular formula is C26H34N4O2. The summed E-state index contributed by atoms with van der Waals surface area (Å²) in [5, 5.41) is 0. The zero-order chi connectivity index (χ0) is 22.0. The van der Waals surface area contributed by atoms with Crippen molar-refractivity contribution in [1.29, 1.82) is 0 Å². The Kier molecular flexibility index (Phi) is 6.26. The number of likely N-dealkylation sites (N-methyl/N-ethyl adjacent to an activating group) is 1. The van der Waals surface area contributed by atoms with Crippen molar-refractivity contribution in [2.24, 2.45) is 5.92 Å². The monoisotopic (exact) mass is 434 g/mol. The number of hydrogen-bond acceptors (Lipinski definition) is 5. The summed E-state index contributed by atoms with van der Waals surface area (Å²) in [6.07, 6.45) is 4.99. The number of ether oxygens (including phenoxy) is 1.